The van der Waals surface area contributed by atoms with Crippen molar-refractivity contribution in [3.63, 3.8) is 0 Å². The van der Waals surface area contributed by atoms with Crippen molar-refractivity contribution in [3.8, 4) is 0 Å². The number of halogens is 1. The molecule has 0 radical (unpaired) electrons. The van der Waals surface area contributed by atoms with Crippen molar-refractivity contribution < 1.29 is 4.79 Å². The highest BCUT2D eigenvalue weighted by Crippen LogP contribution is 2.22. The fraction of sp³-hybridized carbons (Fsp3) is 0.583. The minimum atomic E-state index is -0.384. The molecule has 0 saturated carbocycles. The van der Waals surface area contributed by atoms with Gasteiger partial charge in [-0.05, 0) is 46.8 Å². The Morgan fingerprint density at radius 3 is 2.76 bits per heavy atom. The van der Waals surface area contributed by atoms with Gasteiger partial charge in [-0.25, -0.2) is 0 Å². The van der Waals surface area contributed by atoms with Crippen LogP contribution < -0.4 is 11.1 Å². The van der Waals surface area contributed by atoms with E-state index in [0.717, 1.165) is 16.6 Å². The van der Waals surface area contributed by atoms with Crippen LogP contribution in [-0.4, -0.2) is 18.5 Å². The van der Waals surface area contributed by atoms with E-state index in [1.807, 2.05) is 6.07 Å². The van der Waals surface area contributed by atoms with Crippen molar-refractivity contribution in [1.82, 2.24) is 5.32 Å². The zero-order chi connectivity index (χ0) is 12.8. The highest BCUT2D eigenvalue weighted by atomic mass is 79.9. The van der Waals surface area contributed by atoms with E-state index in [2.05, 4.69) is 41.2 Å². The number of amides is 1. The summed E-state index contributed by atoms with van der Waals surface area (Å²) in [6.45, 7) is 4.78. The molecule has 17 heavy (non-hydrogen) atoms. The van der Waals surface area contributed by atoms with Crippen LogP contribution in [-0.2, 0) is 11.2 Å². The molecule has 0 aliphatic rings. The summed E-state index contributed by atoms with van der Waals surface area (Å²) in [6, 6.07) is 3.70. The summed E-state index contributed by atoms with van der Waals surface area (Å²) in [5, 5.41) is 2.87. The Bertz CT molecular complexity index is 365. The molecule has 0 aromatic carbocycles. The van der Waals surface area contributed by atoms with Crippen molar-refractivity contribution in [2.24, 2.45) is 11.7 Å². The van der Waals surface area contributed by atoms with Gasteiger partial charge in [-0.2, -0.15) is 0 Å². The lowest BCUT2D eigenvalue weighted by molar-refractivity contribution is -0.122. The lowest BCUT2D eigenvalue weighted by Gasteiger charge is -2.13. The SMILES string of the molecule is CC(C)C[C@@H](N)C(=O)NCCc1ccc(Br)s1. The van der Waals surface area contributed by atoms with E-state index in [4.69, 9.17) is 5.73 Å². The number of rotatable bonds is 6. The predicted octanol–water partition coefficient (Wildman–Crippen LogP) is 2.54. The molecule has 0 bridgehead atoms. The van der Waals surface area contributed by atoms with Crippen LogP contribution in [0.2, 0.25) is 0 Å². The summed E-state index contributed by atoms with van der Waals surface area (Å²) in [5.41, 5.74) is 5.78. The first-order chi connectivity index (χ1) is 7.99. The Hall–Kier alpha value is -0.390. The fourth-order valence-electron chi connectivity index (χ4n) is 1.54. The molecule has 3 N–H and O–H groups in total. The molecule has 3 nitrogen and oxygen atoms in total. The third-order valence-electron chi connectivity index (χ3n) is 2.36. The average Bonchev–Trinajstić information content (AvgIpc) is 2.63. The van der Waals surface area contributed by atoms with Crippen LogP contribution in [0.25, 0.3) is 0 Å². The van der Waals surface area contributed by atoms with E-state index in [9.17, 15) is 4.79 Å². The summed E-state index contributed by atoms with van der Waals surface area (Å²) in [4.78, 5) is 12.9. The number of carbonyl (C=O) groups excluding carboxylic acids is 1. The molecule has 0 spiro atoms. The van der Waals surface area contributed by atoms with E-state index in [-0.39, 0.29) is 11.9 Å². The standard InChI is InChI=1S/C12H19BrN2OS/c1-8(2)7-10(14)12(16)15-6-5-9-3-4-11(13)17-9/h3-4,8,10H,5-7,14H2,1-2H3,(H,15,16)/t10-/m1/s1. The van der Waals surface area contributed by atoms with Crippen LogP contribution in [0.5, 0.6) is 0 Å². The minimum absolute atomic E-state index is 0.0469. The highest BCUT2D eigenvalue weighted by molar-refractivity contribution is 9.11. The highest BCUT2D eigenvalue weighted by Gasteiger charge is 2.14. The maximum absolute atomic E-state index is 11.6. The molecule has 1 atom stereocenters. The van der Waals surface area contributed by atoms with Crippen molar-refractivity contribution >= 4 is 33.2 Å². The number of thiophene rings is 1. The Morgan fingerprint density at radius 2 is 2.24 bits per heavy atom. The Morgan fingerprint density at radius 1 is 1.53 bits per heavy atom. The summed E-state index contributed by atoms with van der Waals surface area (Å²) >= 11 is 5.11. The van der Waals surface area contributed by atoms with Gasteiger partial charge in [0.15, 0.2) is 0 Å². The van der Waals surface area contributed by atoms with Crippen molar-refractivity contribution in [2.45, 2.75) is 32.7 Å². The van der Waals surface area contributed by atoms with Crippen molar-refractivity contribution in [2.75, 3.05) is 6.54 Å². The van der Waals surface area contributed by atoms with Gasteiger partial charge < -0.3 is 11.1 Å². The summed E-state index contributed by atoms with van der Waals surface area (Å²) in [5.74, 6) is 0.401. The molecule has 0 aliphatic carbocycles. The van der Waals surface area contributed by atoms with E-state index in [0.29, 0.717) is 12.5 Å². The second-order valence-electron chi connectivity index (χ2n) is 4.48. The largest absolute Gasteiger partial charge is 0.354 e. The van der Waals surface area contributed by atoms with E-state index in [1.165, 1.54) is 4.88 Å². The third kappa shape index (κ3) is 5.66. The molecular formula is C12H19BrN2OS. The first-order valence-corrected chi connectivity index (χ1v) is 7.37. The number of hydrogen-bond donors (Lipinski definition) is 2. The first-order valence-electron chi connectivity index (χ1n) is 5.76. The average molecular weight is 319 g/mol. The van der Waals surface area contributed by atoms with Gasteiger partial charge in [-0.1, -0.05) is 13.8 Å². The predicted molar refractivity (Wildman–Crippen MR) is 76.2 cm³/mol. The number of hydrogen-bond acceptors (Lipinski definition) is 3. The normalized spacial score (nSPS) is 12.8. The van der Waals surface area contributed by atoms with Crippen molar-refractivity contribution in [1.29, 1.82) is 0 Å². The van der Waals surface area contributed by atoms with Crippen LogP contribution in [0, 0.1) is 5.92 Å². The van der Waals surface area contributed by atoms with Gasteiger partial charge in [-0.15, -0.1) is 11.3 Å². The zero-order valence-corrected chi connectivity index (χ0v) is 12.6. The molecular weight excluding hydrogens is 300 g/mol. The second-order valence-corrected chi connectivity index (χ2v) is 7.03. The molecule has 0 fully saturated rings. The molecule has 0 aliphatic heterocycles. The van der Waals surface area contributed by atoms with Crippen molar-refractivity contribution in [3.05, 3.63) is 20.8 Å². The first kappa shape index (κ1) is 14.7. The second kappa shape index (κ2) is 7.13. The van der Waals surface area contributed by atoms with Gasteiger partial charge in [0.05, 0.1) is 9.83 Å². The molecule has 96 valence electrons. The van der Waals surface area contributed by atoms with E-state index >= 15 is 0 Å². The van der Waals surface area contributed by atoms with Crippen LogP contribution in [0.4, 0.5) is 0 Å². The van der Waals surface area contributed by atoms with Gasteiger partial charge in [-0.3, -0.25) is 4.79 Å². The quantitative estimate of drug-likeness (QED) is 0.847. The molecule has 1 aromatic heterocycles. The maximum atomic E-state index is 11.6. The summed E-state index contributed by atoms with van der Waals surface area (Å²) in [7, 11) is 0. The molecule has 0 saturated heterocycles. The van der Waals surface area contributed by atoms with Gasteiger partial charge in [0.2, 0.25) is 5.91 Å². The lowest BCUT2D eigenvalue weighted by atomic mass is 10.0. The van der Waals surface area contributed by atoms with E-state index in [1.54, 1.807) is 11.3 Å². The van der Waals surface area contributed by atoms with Gasteiger partial charge >= 0.3 is 0 Å². The van der Waals surface area contributed by atoms with Crippen LogP contribution >= 0.6 is 27.3 Å². The number of nitrogens with one attached hydrogen (secondary N) is 1. The smallest absolute Gasteiger partial charge is 0.236 e. The maximum Gasteiger partial charge on any atom is 0.236 e. The molecule has 1 aromatic rings. The minimum Gasteiger partial charge on any atom is -0.354 e. The summed E-state index contributed by atoms with van der Waals surface area (Å²) < 4.78 is 1.12. The lowest BCUT2D eigenvalue weighted by Crippen LogP contribution is -2.42. The summed E-state index contributed by atoms with van der Waals surface area (Å²) in [6.07, 6.45) is 1.59. The van der Waals surface area contributed by atoms with Crippen LogP contribution in [0.1, 0.15) is 25.1 Å². The molecule has 1 amide bonds. The Kier molecular flexibility index (Phi) is 6.16. The van der Waals surface area contributed by atoms with E-state index < -0.39 is 0 Å². The Balaban J connectivity index is 2.24. The van der Waals surface area contributed by atoms with Gasteiger partial charge in [0.1, 0.15) is 0 Å². The number of carbonyl (C=O) groups is 1. The zero-order valence-electron chi connectivity index (χ0n) is 10.2. The third-order valence-corrected chi connectivity index (χ3v) is 4.05. The molecule has 5 heteroatoms. The molecule has 1 rings (SSSR count). The van der Waals surface area contributed by atoms with Crippen LogP contribution in [0.3, 0.4) is 0 Å². The monoisotopic (exact) mass is 318 g/mol. The van der Waals surface area contributed by atoms with Crippen LogP contribution in [0.15, 0.2) is 15.9 Å². The van der Waals surface area contributed by atoms with Gasteiger partial charge in [0.25, 0.3) is 0 Å². The molecule has 1 heterocycles. The molecule has 0 unspecified atom stereocenters. The Labute approximate surface area is 115 Å². The topological polar surface area (TPSA) is 55.1 Å². The van der Waals surface area contributed by atoms with Gasteiger partial charge in [0, 0.05) is 11.4 Å². The number of nitrogens with two attached hydrogens (primary N) is 1. The fourth-order valence-corrected chi connectivity index (χ4v) is 3.02.